The molecule has 4 nitrogen and oxygen atoms in total. The SMILES string of the molecule is CC1CN[P+]2(NCC(C)O2)O1. The summed E-state index contributed by atoms with van der Waals surface area (Å²) < 4.78 is 11.3. The molecule has 0 aliphatic carbocycles. The fraction of sp³-hybridized carbons (Fsp3) is 1.00. The van der Waals surface area contributed by atoms with Crippen molar-refractivity contribution in [2.45, 2.75) is 26.1 Å². The predicted octanol–water partition coefficient (Wildman–Crippen LogP) is 0.681. The molecule has 2 atom stereocenters. The quantitative estimate of drug-likeness (QED) is 0.534. The molecule has 2 saturated heterocycles. The van der Waals surface area contributed by atoms with Crippen LogP contribution in [0.4, 0.5) is 0 Å². The first kappa shape index (κ1) is 7.90. The number of rotatable bonds is 0. The Labute approximate surface area is 67.2 Å². The lowest BCUT2D eigenvalue weighted by Gasteiger charge is -2.09. The first-order valence-corrected chi connectivity index (χ1v) is 5.59. The fourth-order valence-electron chi connectivity index (χ4n) is 1.31. The summed E-state index contributed by atoms with van der Waals surface area (Å²) in [6.07, 6.45) is 0.558. The van der Waals surface area contributed by atoms with Crippen molar-refractivity contribution in [1.29, 1.82) is 0 Å². The van der Waals surface area contributed by atoms with Gasteiger partial charge in [0.05, 0.1) is 13.1 Å². The third kappa shape index (κ3) is 1.42. The van der Waals surface area contributed by atoms with Crippen LogP contribution in [-0.4, -0.2) is 25.3 Å². The minimum absolute atomic E-state index is 0.279. The summed E-state index contributed by atoms with van der Waals surface area (Å²) >= 11 is 0. The standard InChI is InChI=1S/C6H14N2O2P/c1-5-3-7-11(9-5)8-4-6(2)10-11/h5-8H,3-4H2,1-2H3/q+1. The van der Waals surface area contributed by atoms with Crippen molar-refractivity contribution >= 4 is 8.02 Å². The summed E-state index contributed by atoms with van der Waals surface area (Å²) in [5.74, 6) is 0. The topological polar surface area (TPSA) is 42.5 Å². The van der Waals surface area contributed by atoms with E-state index in [-0.39, 0.29) is 12.2 Å². The summed E-state index contributed by atoms with van der Waals surface area (Å²) in [4.78, 5) is 0. The fourth-order valence-corrected chi connectivity index (χ4v) is 3.93. The van der Waals surface area contributed by atoms with Crippen molar-refractivity contribution in [2.75, 3.05) is 13.1 Å². The lowest BCUT2D eigenvalue weighted by atomic mass is 10.4. The van der Waals surface area contributed by atoms with E-state index >= 15 is 0 Å². The third-order valence-electron chi connectivity index (χ3n) is 1.83. The van der Waals surface area contributed by atoms with Gasteiger partial charge in [0, 0.05) is 0 Å². The van der Waals surface area contributed by atoms with Crippen LogP contribution in [0.5, 0.6) is 0 Å². The Morgan fingerprint density at radius 1 is 1.09 bits per heavy atom. The van der Waals surface area contributed by atoms with Crippen molar-refractivity contribution in [2.24, 2.45) is 0 Å². The smallest absolute Gasteiger partial charge is 0.168 e. The van der Waals surface area contributed by atoms with Crippen LogP contribution in [-0.2, 0) is 9.05 Å². The second kappa shape index (κ2) is 2.64. The van der Waals surface area contributed by atoms with Gasteiger partial charge in [-0.1, -0.05) is 0 Å². The molecule has 2 unspecified atom stereocenters. The maximum Gasteiger partial charge on any atom is 0.431 e. The zero-order chi connectivity index (χ0) is 7.90. The molecule has 1 spiro atoms. The normalized spacial score (nSPS) is 50.7. The highest BCUT2D eigenvalue weighted by Crippen LogP contribution is 2.60. The molecule has 2 N–H and O–H groups in total. The summed E-state index contributed by atoms with van der Waals surface area (Å²) in [5, 5.41) is 6.54. The minimum atomic E-state index is -1.81. The third-order valence-corrected chi connectivity index (χ3v) is 4.34. The van der Waals surface area contributed by atoms with Crippen LogP contribution >= 0.6 is 8.02 Å². The Morgan fingerprint density at radius 3 is 1.82 bits per heavy atom. The van der Waals surface area contributed by atoms with Crippen molar-refractivity contribution in [1.82, 2.24) is 10.2 Å². The van der Waals surface area contributed by atoms with E-state index in [1.807, 2.05) is 0 Å². The molecule has 0 amide bonds. The first-order chi connectivity index (χ1) is 5.20. The van der Waals surface area contributed by atoms with E-state index in [2.05, 4.69) is 24.0 Å². The van der Waals surface area contributed by atoms with Gasteiger partial charge in [-0.15, -0.1) is 10.2 Å². The maximum atomic E-state index is 5.65. The van der Waals surface area contributed by atoms with Gasteiger partial charge in [-0.05, 0) is 13.8 Å². The summed E-state index contributed by atoms with van der Waals surface area (Å²) in [6.45, 7) is 5.90. The van der Waals surface area contributed by atoms with Crippen molar-refractivity contribution < 1.29 is 9.05 Å². The second-order valence-corrected chi connectivity index (χ2v) is 5.27. The highest BCUT2D eigenvalue weighted by molar-refractivity contribution is 7.63. The van der Waals surface area contributed by atoms with Crippen LogP contribution in [0, 0.1) is 0 Å². The van der Waals surface area contributed by atoms with E-state index in [0.717, 1.165) is 13.1 Å². The lowest BCUT2D eigenvalue weighted by molar-refractivity contribution is 0.199. The van der Waals surface area contributed by atoms with Gasteiger partial charge in [0.2, 0.25) is 0 Å². The van der Waals surface area contributed by atoms with Gasteiger partial charge < -0.3 is 0 Å². The summed E-state index contributed by atoms with van der Waals surface area (Å²) in [6, 6.07) is 0. The van der Waals surface area contributed by atoms with Gasteiger partial charge in [0.25, 0.3) is 0 Å². The maximum absolute atomic E-state index is 5.65. The van der Waals surface area contributed by atoms with Crippen molar-refractivity contribution in [3.8, 4) is 0 Å². The summed E-state index contributed by atoms with van der Waals surface area (Å²) in [5.41, 5.74) is 0. The van der Waals surface area contributed by atoms with Gasteiger partial charge in [-0.2, -0.15) is 9.05 Å². The second-order valence-electron chi connectivity index (χ2n) is 3.11. The van der Waals surface area contributed by atoms with E-state index in [9.17, 15) is 0 Å². The van der Waals surface area contributed by atoms with Crippen LogP contribution < -0.4 is 10.2 Å². The molecule has 2 aliphatic rings. The first-order valence-electron chi connectivity index (χ1n) is 3.96. The van der Waals surface area contributed by atoms with Crippen LogP contribution in [0.3, 0.4) is 0 Å². The molecular weight excluding hydrogens is 163 g/mol. The minimum Gasteiger partial charge on any atom is -0.168 e. The van der Waals surface area contributed by atoms with Crippen molar-refractivity contribution in [3.63, 3.8) is 0 Å². The predicted molar refractivity (Wildman–Crippen MR) is 44.0 cm³/mol. The molecule has 0 aromatic rings. The average molecular weight is 177 g/mol. The van der Waals surface area contributed by atoms with Gasteiger partial charge in [0.1, 0.15) is 12.2 Å². The Bertz CT molecular complexity index is 149. The lowest BCUT2D eigenvalue weighted by Crippen LogP contribution is -2.18. The average Bonchev–Trinajstić information content (AvgIpc) is 2.44. The molecular formula is C6H14N2O2P+. The molecule has 0 bridgehead atoms. The molecule has 0 radical (unpaired) electrons. The van der Waals surface area contributed by atoms with Crippen LogP contribution in [0.15, 0.2) is 0 Å². The molecule has 2 rings (SSSR count). The number of nitrogens with one attached hydrogen (secondary N) is 2. The van der Waals surface area contributed by atoms with Crippen LogP contribution in [0.2, 0.25) is 0 Å². The van der Waals surface area contributed by atoms with E-state index in [0.29, 0.717) is 0 Å². The molecule has 2 fully saturated rings. The molecule has 0 aromatic carbocycles. The largest absolute Gasteiger partial charge is 0.431 e. The highest BCUT2D eigenvalue weighted by atomic mass is 31.2. The molecule has 11 heavy (non-hydrogen) atoms. The van der Waals surface area contributed by atoms with E-state index < -0.39 is 8.02 Å². The van der Waals surface area contributed by atoms with Gasteiger partial charge in [-0.25, -0.2) is 0 Å². The number of hydrogen-bond acceptors (Lipinski definition) is 4. The number of hydrogen-bond donors (Lipinski definition) is 2. The van der Waals surface area contributed by atoms with E-state index in [1.54, 1.807) is 0 Å². The zero-order valence-corrected chi connectivity index (χ0v) is 7.73. The van der Waals surface area contributed by atoms with Gasteiger partial charge in [-0.3, -0.25) is 0 Å². The highest BCUT2D eigenvalue weighted by Gasteiger charge is 2.55. The van der Waals surface area contributed by atoms with Crippen LogP contribution in [0.25, 0.3) is 0 Å². The van der Waals surface area contributed by atoms with Crippen LogP contribution in [0.1, 0.15) is 13.8 Å². The summed E-state index contributed by atoms with van der Waals surface area (Å²) in [7, 11) is -1.81. The molecule has 64 valence electrons. The van der Waals surface area contributed by atoms with Gasteiger partial charge in [0.15, 0.2) is 0 Å². The molecule has 0 aromatic heterocycles. The van der Waals surface area contributed by atoms with E-state index in [4.69, 9.17) is 9.05 Å². The molecule has 2 heterocycles. The van der Waals surface area contributed by atoms with Gasteiger partial charge >= 0.3 is 8.02 Å². The Morgan fingerprint density at radius 2 is 1.55 bits per heavy atom. The Kier molecular flexibility index (Phi) is 1.90. The van der Waals surface area contributed by atoms with Crippen molar-refractivity contribution in [3.05, 3.63) is 0 Å². The Hall–Kier alpha value is 0.270. The zero-order valence-electron chi connectivity index (χ0n) is 6.83. The molecule has 0 saturated carbocycles. The Balaban J connectivity index is 2.02. The van der Waals surface area contributed by atoms with E-state index in [1.165, 1.54) is 0 Å². The molecule has 5 heteroatoms. The molecule has 2 aliphatic heterocycles. The monoisotopic (exact) mass is 177 g/mol.